The van der Waals surface area contributed by atoms with Crippen LogP contribution in [0.4, 0.5) is 0 Å². The molecule has 0 aliphatic carbocycles. The first kappa shape index (κ1) is 19.3. The Morgan fingerprint density at radius 1 is 1.07 bits per heavy atom. The van der Waals surface area contributed by atoms with Crippen LogP contribution in [0.3, 0.4) is 0 Å². The topological polar surface area (TPSA) is 59.8 Å². The zero-order valence-electron chi connectivity index (χ0n) is 16.9. The molecular formula is C23H24N4OS. The fraction of sp³-hybridized carbons (Fsp3) is 0.261. The second-order valence-corrected chi connectivity index (χ2v) is 8.55. The molecule has 0 bridgehead atoms. The monoisotopic (exact) mass is 404 g/mol. The molecule has 148 valence electrons. The molecule has 0 saturated carbocycles. The summed E-state index contributed by atoms with van der Waals surface area (Å²) in [6.45, 7) is 7.34. The average molecular weight is 405 g/mol. The number of hydrogen-bond acceptors (Lipinski definition) is 4. The lowest BCUT2D eigenvalue weighted by Crippen LogP contribution is -2.26. The number of aromatic nitrogens is 3. The summed E-state index contributed by atoms with van der Waals surface area (Å²) in [5, 5.41) is 9.57. The molecule has 2 aromatic carbocycles. The zero-order chi connectivity index (χ0) is 20.4. The summed E-state index contributed by atoms with van der Waals surface area (Å²) in [6.07, 6.45) is 0.729. The average Bonchev–Trinajstić information content (AvgIpc) is 3.23. The molecule has 2 heterocycles. The van der Waals surface area contributed by atoms with Crippen LogP contribution in [-0.4, -0.2) is 27.2 Å². The van der Waals surface area contributed by atoms with Crippen molar-refractivity contribution in [1.29, 1.82) is 0 Å². The molecular weight excluding hydrogens is 380 g/mol. The minimum absolute atomic E-state index is 0.145. The van der Waals surface area contributed by atoms with E-state index in [4.69, 9.17) is 0 Å². The quantitative estimate of drug-likeness (QED) is 0.517. The first-order valence-electron chi connectivity index (χ1n) is 9.73. The van der Waals surface area contributed by atoms with Gasteiger partial charge in [0.1, 0.15) is 0 Å². The maximum Gasteiger partial charge on any atom is 0.272 e. The van der Waals surface area contributed by atoms with E-state index in [1.165, 1.54) is 10.4 Å². The third-order valence-corrected chi connectivity index (χ3v) is 6.16. The molecule has 0 fully saturated rings. The zero-order valence-corrected chi connectivity index (χ0v) is 17.7. The van der Waals surface area contributed by atoms with Crippen LogP contribution in [0.25, 0.3) is 10.9 Å². The van der Waals surface area contributed by atoms with E-state index in [1.807, 2.05) is 35.9 Å². The number of benzene rings is 2. The Hall–Kier alpha value is -2.99. The van der Waals surface area contributed by atoms with E-state index in [0.717, 1.165) is 33.6 Å². The Kier molecular flexibility index (Phi) is 5.45. The third-order valence-electron chi connectivity index (χ3n) is 5.02. The van der Waals surface area contributed by atoms with Crippen molar-refractivity contribution in [3.8, 4) is 0 Å². The maximum absolute atomic E-state index is 12.8. The summed E-state index contributed by atoms with van der Waals surface area (Å²) in [4.78, 5) is 18.6. The van der Waals surface area contributed by atoms with Gasteiger partial charge in [0.25, 0.3) is 5.91 Å². The summed E-state index contributed by atoms with van der Waals surface area (Å²) in [5.74, 6) is -0.145. The summed E-state index contributed by atoms with van der Waals surface area (Å²) in [7, 11) is 0. The van der Waals surface area contributed by atoms with Gasteiger partial charge >= 0.3 is 0 Å². The third kappa shape index (κ3) is 4.22. The number of aryl methyl sites for hydroxylation is 3. The van der Waals surface area contributed by atoms with Crippen LogP contribution >= 0.6 is 11.3 Å². The lowest BCUT2D eigenvalue weighted by atomic mass is 10.1. The molecule has 4 rings (SSSR count). The van der Waals surface area contributed by atoms with E-state index < -0.39 is 0 Å². The lowest BCUT2D eigenvalue weighted by Gasteiger charge is -2.04. The van der Waals surface area contributed by atoms with Gasteiger partial charge in [-0.2, -0.15) is 5.10 Å². The highest BCUT2D eigenvalue weighted by atomic mass is 32.1. The maximum atomic E-state index is 12.8. The van der Waals surface area contributed by atoms with E-state index in [9.17, 15) is 4.79 Å². The van der Waals surface area contributed by atoms with Crippen molar-refractivity contribution in [2.75, 3.05) is 6.54 Å². The van der Waals surface area contributed by atoms with Crippen molar-refractivity contribution < 1.29 is 4.79 Å². The molecule has 6 heteroatoms. The Morgan fingerprint density at radius 3 is 2.55 bits per heavy atom. The second kappa shape index (κ2) is 8.17. The Labute approximate surface area is 174 Å². The molecule has 1 amide bonds. The minimum atomic E-state index is -0.145. The molecule has 0 unspecified atom stereocenters. The van der Waals surface area contributed by atoms with Crippen LogP contribution in [-0.2, 0) is 13.0 Å². The summed E-state index contributed by atoms with van der Waals surface area (Å²) in [5.41, 5.74) is 4.89. The van der Waals surface area contributed by atoms with Gasteiger partial charge in [0.2, 0.25) is 0 Å². The van der Waals surface area contributed by atoms with Crippen LogP contribution in [0.15, 0.2) is 48.5 Å². The second-order valence-electron chi connectivity index (χ2n) is 7.26. The SMILES string of the molecule is Cc1ccc(Cn2nc(C(=O)NCCc3nc(C)c(C)s3)c3ccccc32)cc1. The summed E-state index contributed by atoms with van der Waals surface area (Å²) >= 11 is 1.69. The number of thiazole rings is 1. The molecule has 29 heavy (non-hydrogen) atoms. The number of rotatable bonds is 6. The lowest BCUT2D eigenvalue weighted by molar-refractivity contribution is 0.0950. The molecule has 5 nitrogen and oxygen atoms in total. The molecule has 0 saturated heterocycles. The van der Waals surface area contributed by atoms with Gasteiger partial charge < -0.3 is 5.32 Å². The van der Waals surface area contributed by atoms with Gasteiger partial charge in [-0.25, -0.2) is 4.98 Å². The van der Waals surface area contributed by atoms with Gasteiger partial charge in [-0.1, -0.05) is 48.0 Å². The van der Waals surface area contributed by atoms with Crippen LogP contribution in [0.1, 0.15) is 37.2 Å². The van der Waals surface area contributed by atoms with E-state index >= 15 is 0 Å². The Balaban J connectivity index is 1.52. The van der Waals surface area contributed by atoms with Gasteiger partial charge in [-0.15, -0.1) is 11.3 Å². The van der Waals surface area contributed by atoms with Crippen molar-refractivity contribution in [2.45, 2.75) is 33.7 Å². The first-order valence-corrected chi connectivity index (χ1v) is 10.5. The molecule has 0 aliphatic heterocycles. The summed E-state index contributed by atoms with van der Waals surface area (Å²) in [6, 6.07) is 16.3. The fourth-order valence-electron chi connectivity index (χ4n) is 3.29. The molecule has 0 spiro atoms. The van der Waals surface area contributed by atoms with E-state index in [1.54, 1.807) is 11.3 Å². The van der Waals surface area contributed by atoms with Crippen LogP contribution in [0.2, 0.25) is 0 Å². The highest BCUT2D eigenvalue weighted by molar-refractivity contribution is 7.11. The number of amides is 1. The molecule has 1 N–H and O–H groups in total. The van der Waals surface area contributed by atoms with Gasteiger partial charge in [-0.05, 0) is 32.4 Å². The van der Waals surface area contributed by atoms with Crippen LogP contribution in [0.5, 0.6) is 0 Å². The number of carbonyl (C=O) groups is 1. The fourth-order valence-corrected chi connectivity index (χ4v) is 4.23. The van der Waals surface area contributed by atoms with Crippen molar-refractivity contribution in [3.05, 3.63) is 80.9 Å². The van der Waals surface area contributed by atoms with E-state index in [-0.39, 0.29) is 5.91 Å². The number of hydrogen-bond donors (Lipinski definition) is 1. The largest absolute Gasteiger partial charge is 0.350 e. The standard InChI is InChI=1S/C23H24N4OS/c1-15-8-10-18(11-9-15)14-27-20-7-5-4-6-19(20)22(26-27)23(28)24-13-12-21-25-16(2)17(3)29-21/h4-11H,12-14H2,1-3H3,(H,24,28). The Bertz CT molecular complexity index is 1140. The summed E-state index contributed by atoms with van der Waals surface area (Å²) < 4.78 is 1.91. The van der Waals surface area contributed by atoms with Crippen LogP contribution in [0, 0.1) is 20.8 Å². The molecule has 0 radical (unpaired) electrons. The van der Waals surface area contributed by atoms with Gasteiger partial charge in [0, 0.05) is 23.2 Å². The number of fused-ring (bicyclic) bond motifs is 1. The van der Waals surface area contributed by atoms with Crippen molar-refractivity contribution in [2.24, 2.45) is 0 Å². The van der Waals surface area contributed by atoms with Gasteiger partial charge in [0.15, 0.2) is 5.69 Å². The first-order chi connectivity index (χ1) is 14.0. The normalized spacial score (nSPS) is 11.1. The minimum Gasteiger partial charge on any atom is -0.350 e. The van der Waals surface area contributed by atoms with E-state index in [2.05, 4.69) is 53.5 Å². The molecule has 0 atom stereocenters. The smallest absolute Gasteiger partial charge is 0.272 e. The predicted molar refractivity (Wildman–Crippen MR) is 118 cm³/mol. The number of nitrogens with zero attached hydrogens (tertiary/aromatic N) is 3. The van der Waals surface area contributed by atoms with Crippen molar-refractivity contribution in [3.63, 3.8) is 0 Å². The predicted octanol–water partition coefficient (Wildman–Crippen LogP) is 4.44. The van der Waals surface area contributed by atoms with Gasteiger partial charge in [0.05, 0.1) is 22.8 Å². The number of para-hydroxylation sites is 1. The van der Waals surface area contributed by atoms with Crippen LogP contribution < -0.4 is 5.32 Å². The van der Waals surface area contributed by atoms with Crippen molar-refractivity contribution >= 4 is 28.1 Å². The highest BCUT2D eigenvalue weighted by Crippen LogP contribution is 2.20. The molecule has 0 aliphatic rings. The number of carbonyl (C=O) groups excluding carboxylic acids is 1. The molecule has 2 aromatic heterocycles. The van der Waals surface area contributed by atoms with E-state index in [0.29, 0.717) is 18.8 Å². The van der Waals surface area contributed by atoms with Crippen molar-refractivity contribution in [1.82, 2.24) is 20.1 Å². The number of nitrogens with one attached hydrogen (secondary N) is 1. The highest BCUT2D eigenvalue weighted by Gasteiger charge is 2.17. The Morgan fingerprint density at radius 2 is 1.83 bits per heavy atom. The van der Waals surface area contributed by atoms with Gasteiger partial charge in [-0.3, -0.25) is 9.48 Å². The molecule has 4 aromatic rings.